The summed E-state index contributed by atoms with van der Waals surface area (Å²) in [5, 5.41) is 2.94. The van der Waals surface area contributed by atoms with Crippen molar-refractivity contribution in [2.75, 3.05) is 7.05 Å². The fraction of sp³-hybridized carbons (Fsp3) is 0.917. The average molecular weight is 198 g/mol. The Hall–Kier alpha value is -0.370. The predicted molar refractivity (Wildman–Crippen MR) is 61.2 cm³/mol. The van der Waals surface area contributed by atoms with Crippen molar-refractivity contribution >= 4 is 6.29 Å². The Balaban J connectivity index is 3.08. The number of nitrogens with one attached hydrogen (secondary N) is 1. The number of hydrogen-bond donors (Lipinski definition) is 1. The monoisotopic (exact) mass is 198 g/mol. The smallest absolute Gasteiger partial charge is 0.216 e. The Bertz CT molecular complexity index is 125. The first-order valence-electron chi connectivity index (χ1n) is 5.90. The van der Waals surface area contributed by atoms with E-state index in [1.165, 1.54) is 38.5 Å². The second-order valence-electron chi connectivity index (χ2n) is 3.87. The third-order valence-electron chi connectivity index (χ3n) is 2.59. The number of likely N-dealkylation sites (N-methyl/N-ethyl adjacent to an activating group) is 1. The molecular weight excluding hydrogens is 174 g/mol. The molecule has 0 spiro atoms. The molecule has 2 nitrogen and oxygen atoms in total. The van der Waals surface area contributed by atoms with Crippen molar-refractivity contribution in [2.24, 2.45) is 0 Å². The maximum Gasteiger partial charge on any atom is 0.216 e. The number of unbranched alkanes of at least 4 members (excludes halogenated alkanes) is 6. The van der Waals surface area contributed by atoms with Gasteiger partial charge in [-0.2, -0.15) is 0 Å². The van der Waals surface area contributed by atoms with E-state index in [-0.39, 0.29) is 6.04 Å². The van der Waals surface area contributed by atoms with Gasteiger partial charge in [0.05, 0.1) is 6.04 Å². The third kappa shape index (κ3) is 8.24. The molecule has 0 bridgehead atoms. The number of rotatable bonds is 10. The molecule has 1 N–H and O–H groups in total. The van der Waals surface area contributed by atoms with Gasteiger partial charge in [-0.25, -0.2) is 0 Å². The summed E-state index contributed by atoms with van der Waals surface area (Å²) >= 11 is 0. The van der Waals surface area contributed by atoms with Crippen LogP contribution < -0.4 is 5.32 Å². The molecule has 1 radical (unpaired) electrons. The summed E-state index contributed by atoms with van der Waals surface area (Å²) in [6.07, 6.45) is 12.0. The van der Waals surface area contributed by atoms with Crippen molar-refractivity contribution < 1.29 is 4.79 Å². The van der Waals surface area contributed by atoms with Crippen molar-refractivity contribution in [3.05, 3.63) is 0 Å². The van der Waals surface area contributed by atoms with Crippen LogP contribution in [0.1, 0.15) is 58.3 Å². The fourth-order valence-electron chi connectivity index (χ4n) is 1.57. The van der Waals surface area contributed by atoms with Crippen LogP contribution in [-0.4, -0.2) is 19.4 Å². The summed E-state index contributed by atoms with van der Waals surface area (Å²) in [5.41, 5.74) is 0. The van der Waals surface area contributed by atoms with Gasteiger partial charge in [0.25, 0.3) is 0 Å². The zero-order chi connectivity index (χ0) is 10.6. The zero-order valence-electron chi connectivity index (χ0n) is 9.64. The van der Waals surface area contributed by atoms with Crippen molar-refractivity contribution in [1.29, 1.82) is 0 Å². The minimum Gasteiger partial charge on any atom is -0.310 e. The molecule has 0 saturated carbocycles. The minimum absolute atomic E-state index is 0.0503. The van der Waals surface area contributed by atoms with Gasteiger partial charge in [0, 0.05) is 0 Å². The molecule has 0 aromatic heterocycles. The molecule has 0 fully saturated rings. The highest BCUT2D eigenvalue weighted by Gasteiger charge is 2.03. The van der Waals surface area contributed by atoms with Gasteiger partial charge in [-0.05, 0) is 13.5 Å². The van der Waals surface area contributed by atoms with E-state index in [0.29, 0.717) is 0 Å². The maximum absolute atomic E-state index is 10.4. The summed E-state index contributed by atoms with van der Waals surface area (Å²) in [7, 11) is 1.82. The van der Waals surface area contributed by atoms with Gasteiger partial charge < -0.3 is 5.32 Å². The van der Waals surface area contributed by atoms with Crippen LogP contribution in [-0.2, 0) is 4.79 Å². The molecule has 0 aromatic carbocycles. The predicted octanol–water partition coefficient (Wildman–Crippen LogP) is 2.82. The summed E-state index contributed by atoms with van der Waals surface area (Å²) in [6.45, 7) is 2.23. The number of carbonyl (C=O) groups excluding carboxylic acids is 1. The van der Waals surface area contributed by atoms with E-state index in [4.69, 9.17) is 0 Å². The first kappa shape index (κ1) is 13.6. The van der Waals surface area contributed by atoms with Crippen molar-refractivity contribution in [1.82, 2.24) is 5.32 Å². The quantitative estimate of drug-likeness (QED) is 0.547. The number of hydrogen-bond acceptors (Lipinski definition) is 2. The normalized spacial score (nSPS) is 12.7. The molecule has 14 heavy (non-hydrogen) atoms. The molecule has 0 amide bonds. The van der Waals surface area contributed by atoms with E-state index in [9.17, 15) is 4.79 Å². The van der Waals surface area contributed by atoms with Gasteiger partial charge in [0.15, 0.2) is 0 Å². The highest BCUT2D eigenvalue weighted by atomic mass is 16.1. The summed E-state index contributed by atoms with van der Waals surface area (Å²) < 4.78 is 0. The van der Waals surface area contributed by atoms with Crippen LogP contribution >= 0.6 is 0 Å². The Morgan fingerprint density at radius 1 is 1.07 bits per heavy atom. The fourth-order valence-corrected chi connectivity index (χ4v) is 1.57. The molecule has 0 aromatic rings. The first-order valence-corrected chi connectivity index (χ1v) is 5.90. The molecule has 0 saturated heterocycles. The zero-order valence-corrected chi connectivity index (χ0v) is 9.64. The van der Waals surface area contributed by atoms with Crippen LogP contribution in [0.15, 0.2) is 0 Å². The SMILES string of the molecule is CCCCCCCCCC([C]=O)NC. The Morgan fingerprint density at radius 2 is 1.64 bits per heavy atom. The standard InChI is InChI=1S/C12H24NO/c1-3-4-5-6-7-8-9-10-12(11-14)13-2/h12-13H,3-10H2,1-2H3. The minimum atomic E-state index is -0.0503. The Kier molecular flexibility index (Phi) is 10.4. The Morgan fingerprint density at radius 3 is 2.14 bits per heavy atom. The summed E-state index contributed by atoms with van der Waals surface area (Å²) in [4.78, 5) is 10.4. The summed E-state index contributed by atoms with van der Waals surface area (Å²) in [5.74, 6) is 0. The Labute approximate surface area is 88.5 Å². The van der Waals surface area contributed by atoms with Crippen LogP contribution in [0.5, 0.6) is 0 Å². The lowest BCUT2D eigenvalue weighted by Gasteiger charge is -2.06. The molecule has 0 aliphatic heterocycles. The van der Waals surface area contributed by atoms with E-state index >= 15 is 0 Å². The van der Waals surface area contributed by atoms with Crippen LogP contribution in [0.2, 0.25) is 0 Å². The maximum atomic E-state index is 10.4. The molecule has 2 heteroatoms. The molecule has 1 unspecified atom stereocenters. The second kappa shape index (κ2) is 10.7. The van der Waals surface area contributed by atoms with Crippen molar-refractivity contribution in [2.45, 2.75) is 64.3 Å². The van der Waals surface area contributed by atoms with Crippen molar-refractivity contribution in [3.63, 3.8) is 0 Å². The van der Waals surface area contributed by atoms with E-state index in [1.54, 1.807) is 0 Å². The van der Waals surface area contributed by atoms with Crippen LogP contribution in [0.25, 0.3) is 0 Å². The van der Waals surface area contributed by atoms with Gasteiger partial charge in [-0.1, -0.05) is 51.9 Å². The lowest BCUT2D eigenvalue weighted by atomic mass is 10.1. The van der Waals surface area contributed by atoms with Crippen LogP contribution in [0.3, 0.4) is 0 Å². The second-order valence-corrected chi connectivity index (χ2v) is 3.87. The highest BCUT2D eigenvalue weighted by molar-refractivity contribution is 5.58. The third-order valence-corrected chi connectivity index (χ3v) is 2.59. The van der Waals surface area contributed by atoms with Gasteiger partial charge >= 0.3 is 0 Å². The molecule has 83 valence electrons. The topological polar surface area (TPSA) is 29.1 Å². The molecule has 1 atom stereocenters. The van der Waals surface area contributed by atoms with Gasteiger partial charge in [0.2, 0.25) is 6.29 Å². The average Bonchev–Trinajstić information content (AvgIpc) is 2.22. The highest BCUT2D eigenvalue weighted by Crippen LogP contribution is 2.08. The van der Waals surface area contributed by atoms with E-state index in [2.05, 4.69) is 12.2 Å². The lowest BCUT2D eigenvalue weighted by molar-refractivity contribution is 0.498. The molecule has 0 rings (SSSR count). The van der Waals surface area contributed by atoms with E-state index < -0.39 is 0 Å². The van der Waals surface area contributed by atoms with Crippen LogP contribution in [0.4, 0.5) is 0 Å². The van der Waals surface area contributed by atoms with Gasteiger partial charge in [-0.15, -0.1) is 0 Å². The van der Waals surface area contributed by atoms with Gasteiger partial charge in [-0.3, -0.25) is 4.79 Å². The largest absolute Gasteiger partial charge is 0.310 e. The lowest BCUT2D eigenvalue weighted by Crippen LogP contribution is -2.26. The van der Waals surface area contributed by atoms with Crippen molar-refractivity contribution in [3.8, 4) is 0 Å². The van der Waals surface area contributed by atoms with E-state index in [1.807, 2.05) is 13.3 Å². The first-order chi connectivity index (χ1) is 6.85. The van der Waals surface area contributed by atoms with E-state index in [0.717, 1.165) is 12.8 Å². The molecule has 0 aliphatic carbocycles. The summed E-state index contributed by atoms with van der Waals surface area (Å²) in [6, 6.07) is -0.0503. The molecule has 0 aliphatic rings. The molecular formula is C12H24NO. The molecule has 0 heterocycles. The van der Waals surface area contributed by atoms with Crippen LogP contribution in [0, 0.1) is 0 Å². The van der Waals surface area contributed by atoms with Gasteiger partial charge in [0.1, 0.15) is 0 Å².